The van der Waals surface area contributed by atoms with Crippen LogP contribution in [0.25, 0.3) is 0 Å². The van der Waals surface area contributed by atoms with E-state index in [1.165, 1.54) is 17.7 Å². The molecule has 0 N–H and O–H groups in total. The van der Waals surface area contributed by atoms with Crippen molar-refractivity contribution in [2.75, 3.05) is 6.79 Å². The Morgan fingerprint density at radius 3 is 2.85 bits per heavy atom. The van der Waals surface area contributed by atoms with E-state index in [9.17, 15) is 4.79 Å². The van der Waals surface area contributed by atoms with Crippen molar-refractivity contribution in [3.05, 3.63) is 39.8 Å². The molecule has 1 aromatic heterocycles. The Morgan fingerprint density at radius 2 is 2.08 bits per heavy atom. The first-order valence-corrected chi connectivity index (χ1v) is 10.2. The highest BCUT2D eigenvalue weighted by molar-refractivity contribution is 7.09. The van der Waals surface area contributed by atoms with Crippen LogP contribution in [-0.2, 0) is 17.8 Å². The van der Waals surface area contributed by atoms with Crippen LogP contribution in [0.4, 0.5) is 0 Å². The molecule has 2 heterocycles. The van der Waals surface area contributed by atoms with Gasteiger partial charge in [-0.05, 0) is 43.9 Å². The second-order valence-corrected chi connectivity index (χ2v) is 7.95. The zero-order valence-corrected chi connectivity index (χ0v) is 15.9. The molecule has 1 fully saturated rings. The second-order valence-electron chi connectivity index (χ2n) is 7.01. The summed E-state index contributed by atoms with van der Waals surface area (Å²) in [6.07, 6.45) is 5.96. The molecule has 4 rings (SSSR count). The highest BCUT2D eigenvalue weighted by Crippen LogP contribution is 2.34. The van der Waals surface area contributed by atoms with Crippen molar-refractivity contribution in [3.63, 3.8) is 0 Å². The highest BCUT2D eigenvalue weighted by Gasteiger charge is 2.27. The lowest BCUT2D eigenvalue weighted by atomic mass is 10.1. The van der Waals surface area contributed by atoms with Crippen LogP contribution in [0.3, 0.4) is 0 Å². The molecule has 1 amide bonds. The topological polar surface area (TPSA) is 51.7 Å². The maximum atomic E-state index is 13.0. The number of aromatic nitrogens is 1. The SMILES string of the molecule is Cc1ncsc1CCC(=O)N(Cc1ccc2c(c1)OCO2)C1CCCC1. The molecule has 0 saturated heterocycles. The number of benzene rings is 1. The van der Waals surface area contributed by atoms with E-state index in [0.717, 1.165) is 42.0 Å². The molecule has 0 spiro atoms. The minimum absolute atomic E-state index is 0.238. The molecule has 6 heteroatoms. The van der Waals surface area contributed by atoms with Crippen molar-refractivity contribution < 1.29 is 14.3 Å². The molecule has 0 unspecified atom stereocenters. The summed E-state index contributed by atoms with van der Waals surface area (Å²) in [5.41, 5.74) is 4.01. The van der Waals surface area contributed by atoms with Gasteiger partial charge < -0.3 is 14.4 Å². The summed E-state index contributed by atoms with van der Waals surface area (Å²) in [6, 6.07) is 6.34. The number of hydrogen-bond acceptors (Lipinski definition) is 5. The molecule has 2 aliphatic rings. The number of carbonyl (C=O) groups is 1. The number of hydrogen-bond donors (Lipinski definition) is 0. The van der Waals surface area contributed by atoms with Crippen LogP contribution in [0.1, 0.15) is 48.2 Å². The van der Waals surface area contributed by atoms with Gasteiger partial charge in [0.25, 0.3) is 0 Å². The first-order chi connectivity index (χ1) is 12.7. The monoisotopic (exact) mass is 372 g/mol. The Bertz CT molecular complexity index is 783. The Kier molecular flexibility index (Phi) is 5.11. The van der Waals surface area contributed by atoms with Gasteiger partial charge in [0.1, 0.15) is 0 Å². The van der Waals surface area contributed by atoms with Crippen LogP contribution in [0.2, 0.25) is 0 Å². The van der Waals surface area contributed by atoms with Crippen molar-refractivity contribution in [2.24, 2.45) is 0 Å². The van der Waals surface area contributed by atoms with Crippen molar-refractivity contribution in [1.29, 1.82) is 0 Å². The predicted molar refractivity (Wildman–Crippen MR) is 101 cm³/mol. The van der Waals surface area contributed by atoms with E-state index in [1.807, 2.05) is 30.6 Å². The minimum Gasteiger partial charge on any atom is -0.454 e. The van der Waals surface area contributed by atoms with Crippen LogP contribution in [0.5, 0.6) is 11.5 Å². The van der Waals surface area contributed by atoms with Crippen molar-refractivity contribution in [2.45, 2.75) is 58.0 Å². The van der Waals surface area contributed by atoms with E-state index in [4.69, 9.17) is 9.47 Å². The number of ether oxygens (including phenoxy) is 2. The van der Waals surface area contributed by atoms with E-state index < -0.39 is 0 Å². The van der Waals surface area contributed by atoms with Gasteiger partial charge in [-0.25, -0.2) is 4.98 Å². The van der Waals surface area contributed by atoms with Crippen LogP contribution >= 0.6 is 11.3 Å². The molecule has 1 aliphatic heterocycles. The van der Waals surface area contributed by atoms with Crippen molar-refractivity contribution >= 4 is 17.2 Å². The summed E-state index contributed by atoms with van der Waals surface area (Å²) in [6.45, 7) is 2.93. The number of amides is 1. The maximum Gasteiger partial charge on any atom is 0.231 e. The minimum atomic E-state index is 0.238. The van der Waals surface area contributed by atoms with Gasteiger partial charge in [-0.3, -0.25) is 4.79 Å². The summed E-state index contributed by atoms with van der Waals surface area (Å²) < 4.78 is 10.9. The van der Waals surface area contributed by atoms with Crippen LogP contribution in [0, 0.1) is 6.92 Å². The summed E-state index contributed by atoms with van der Waals surface area (Å²) in [5.74, 6) is 1.80. The molecule has 26 heavy (non-hydrogen) atoms. The standard InChI is InChI=1S/C20H24N2O3S/c1-14-19(26-12-21-14)8-9-20(23)22(16-4-2-3-5-16)11-15-6-7-17-18(10-15)25-13-24-17/h6-7,10,12,16H,2-5,8-9,11,13H2,1H3. The lowest BCUT2D eigenvalue weighted by Crippen LogP contribution is -2.38. The van der Waals surface area contributed by atoms with Gasteiger partial charge in [-0.1, -0.05) is 18.9 Å². The number of carbonyl (C=O) groups excluding carboxylic acids is 1. The van der Waals surface area contributed by atoms with Gasteiger partial charge in [0, 0.05) is 23.9 Å². The number of fused-ring (bicyclic) bond motifs is 1. The maximum absolute atomic E-state index is 13.0. The Morgan fingerprint density at radius 1 is 1.27 bits per heavy atom. The quantitative estimate of drug-likeness (QED) is 0.766. The van der Waals surface area contributed by atoms with E-state index in [0.29, 0.717) is 19.0 Å². The Hall–Kier alpha value is -2.08. The molecule has 0 bridgehead atoms. The third-order valence-electron chi connectivity index (χ3n) is 5.29. The van der Waals surface area contributed by atoms with Crippen LogP contribution in [-0.4, -0.2) is 28.6 Å². The van der Waals surface area contributed by atoms with Gasteiger partial charge in [-0.15, -0.1) is 11.3 Å². The first-order valence-electron chi connectivity index (χ1n) is 9.27. The van der Waals surface area contributed by atoms with Crippen molar-refractivity contribution in [3.8, 4) is 11.5 Å². The molecule has 1 aromatic carbocycles. The average Bonchev–Trinajstić information content (AvgIpc) is 3.39. The number of nitrogens with zero attached hydrogens (tertiary/aromatic N) is 2. The average molecular weight is 372 g/mol. The summed E-state index contributed by atoms with van der Waals surface area (Å²) in [7, 11) is 0. The molecule has 138 valence electrons. The number of aryl methyl sites for hydroxylation is 2. The Balaban J connectivity index is 1.46. The lowest BCUT2D eigenvalue weighted by molar-refractivity contribution is -0.134. The molecule has 2 aromatic rings. The summed E-state index contributed by atoms with van der Waals surface area (Å²) >= 11 is 1.64. The van der Waals surface area contributed by atoms with Crippen LogP contribution in [0.15, 0.2) is 23.7 Å². The van der Waals surface area contributed by atoms with Gasteiger partial charge in [0.15, 0.2) is 11.5 Å². The second kappa shape index (κ2) is 7.66. The first kappa shape index (κ1) is 17.3. The fraction of sp³-hybridized carbons (Fsp3) is 0.500. The molecular formula is C20H24N2O3S. The summed E-state index contributed by atoms with van der Waals surface area (Å²) in [5, 5.41) is 0. The van der Waals surface area contributed by atoms with E-state index in [1.54, 1.807) is 11.3 Å². The lowest BCUT2D eigenvalue weighted by Gasteiger charge is -2.29. The smallest absolute Gasteiger partial charge is 0.231 e. The highest BCUT2D eigenvalue weighted by atomic mass is 32.1. The molecule has 1 saturated carbocycles. The number of thiazole rings is 1. The van der Waals surface area contributed by atoms with Gasteiger partial charge in [-0.2, -0.15) is 0 Å². The molecule has 1 aliphatic carbocycles. The third kappa shape index (κ3) is 3.70. The zero-order chi connectivity index (χ0) is 17.9. The van der Waals surface area contributed by atoms with E-state index >= 15 is 0 Å². The van der Waals surface area contributed by atoms with E-state index in [2.05, 4.69) is 9.88 Å². The summed E-state index contributed by atoms with van der Waals surface area (Å²) in [4.78, 5) is 20.6. The van der Waals surface area contributed by atoms with E-state index in [-0.39, 0.29) is 12.7 Å². The van der Waals surface area contributed by atoms with Crippen molar-refractivity contribution in [1.82, 2.24) is 9.88 Å². The fourth-order valence-corrected chi connectivity index (χ4v) is 4.58. The largest absolute Gasteiger partial charge is 0.454 e. The normalized spacial score (nSPS) is 16.2. The van der Waals surface area contributed by atoms with Gasteiger partial charge in [0.05, 0.1) is 11.2 Å². The fourth-order valence-electron chi connectivity index (χ4n) is 3.80. The molecule has 0 atom stereocenters. The third-order valence-corrected chi connectivity index (χ3v) is 6.28. The van der Waals surface area contributed by atoms with Crippen LogP contribution < -0.4 is 9.47 Å². The molecule has 0 radical (unpaired) electrons. The number of rotatable bonds is 6. The molecular weight excluding hydrogens is 348 g/mol. The predicted octanol–water partition coefficient (Wildman–Crippen LogP) is 4.08. The molecule has 5 nitrogen and oxygen atoms in total. The Labute approximate surface area is 157 Å². The van der Waals surface area contributed by atoms with Gasteiger partial charge >= 0.3 is 0 Å². The zero-order valence-electron chi connectivity index (χ0n) is 15.1. The van der Waals surface area contributed by atoms with Gasteiger partial charge in [0.2, 0.25) is 12.7 Å².